The van der Waals surface area contributed by atoms with Gasteiger partial charge in [-0.05, 0) is 34.1 Å². The van der Waals surface area contributed by atoms with Crippen LogP contribution in [-0.2, 0) is 0 Å². The summed E-state index contributed by atoms with van der Waals surface area (Å²) in [5.74, 6) is 0. The maximum absolute atomic E-state index is 6.18. The second-order valence-electron chi connectivity index (χ2n) is 4.74. The summed E-state index contributed by atoms with van der Waals surface area (Å²) in [6.45, 7) is 8.48. The van der Waals surface area contributed by atoms with Crippen LogP contribution in [0.1, 0.15) is 34.1 Å². The van der Waals surface area contributed by atoms with Crippen LogP contribution < -0.4 is 5.32 Å². The van der Waals surface area contributed by atoms with Crippen LogP contribution in [0, 0.1) is 0 Å². The van der Waals surface area contributed by atoms with Gasteiger partial charge >= 0.3 is 0 Å². The van der Waals surface area contributed by atoms with Gasteiger partial charge in [-0.25, -0.2) is 0 Å². The first-order valence-electron chi connectivity index (χ1n) is 4.33. The van der Waals surface area contributed by atoms with Gasteiger partial charge < -0.3 is 5.32 Å². The maximum atomic E-state index is 6.18. The zero-order valence-corrected chi connectivity index (χ0v) is 9.63. The molecule has 1 saturated heterocycles. The van der Waals surface area contributed by atoms with Gasteiger partial charge in [-0.15, -0.1) is 23.2 Å². The van der Waals surface area contributed by atoms with Crippen molar-refractivity contribution in [1.29, 1.82) is 0 Å². The zero-order valence-electron chi connectivity index (χ0n) is 8.12. The Labute approximate surface area is 84.8 Å². The standard InChI is InChI=1S/C9H17Cl2N/c1-8(2)6(10)5-7(11)9(3,4)12-8/h6-7,12H,5H2,1-4H3. The Hall–Kier alpha value is 0.540. The zero-order chi connectivity index (χ0) is 9.57. The molecule has 1 aliphatic heterocycles. The monoisotopic (exact) mass is 209 g/mol. The number of rotatable bonds is 0. The lowest BCUT2D eigenvalue weighted by atomic mass is 9.82. The molecule has 1 fully saturated rings. The number of nitrogens with one attached hydrogen (secondary N) is 1. The van der Waals surface area contributed by atoms with Crippen molar-refractivity contribution in [2.45, 2.75) is 55.9 Å². The minimum Gasteiger partial charge on any atom is -0.304 e. The van der Waals surface area contributed by atoms with Crippen molar-refractivity contribution < 1.29 is 0 Å². The largest absolute Gasteiger partial charge is 0.304 e. The fraction of sp³-hybridized carbons (Fsp3) is 1.00. The van der Waals surface area contributed by atoms with Crippen molar-refractivity contribution in [2.75, 3.05) is 0 Å². The molecule has 1 N–H and O–H groups in total. The lowest BCUT2D eigenvalue weighted by Crippen LogP contribution is -2.65. The first-order valence-corrected chi connectivity index (χ1v) is 5.20. The van der Waals surface area contributed by atoms with Gasteiger partial charge in [-0.2, -0.15) is 0 Å². The normalized spacial score (nSPS) is 39.5. The molecule has 1 aliphatic rings. The van der Waals surface area contributed by atoms with Crippen LogP contribution in [0.25, 0.3) is 0 Å². The molecule has 1 rings (SSSR count). The minimum atomic E-state index is -0.0174. The van der Waals surface area contributed by atoms with Crippen molar-refractivity contribution in [1.82, 2.24) is 5.32 Å². The highest BCUT2D eigenvalue weighted by atomic mass is 35.5. The molecule has 2 unspecified atom stereocenters. The smallest absolute Gasteiger partial charge is 0.0527 e. The number of hydrogen-bond acceptors (Lipinski definition) is 1. The van der Waals surface area contributed by atoms with E-state index in [1.165, 1.54) is 0 Å². The van der Waals surface area contributed by atoms with E-state index in [0.29, 0.717) is 0 Å². The molecule has 0 aliphatic carbocycles. The average molecular weight is 210 g/mol. The molecular weight excluding hydrogens is 193 g/mol. The van der Waals surface area contributed by atoms with Gasteiger partial charge in [0.05, 0.1) is 10.8 Å². The van der Waals surface area contributed by atoms with Crippen molar-refractivity contribution in [2.24, 2.45) is 0 Å². The topological polar surface area (TPSA) is 12.0 Å². The van der Waals surface area contributed by atoms with Gasteiger partial charge in [0.25, 0.3) is 0 Å². The van der Waals surface area contributed by atoms with E-state index >= 15 is 0 Å². The molecule has 0 aromatic rings. The van der Waals surface area contributed by atoms with Gasteiger partial charge in [-0.3, -0.25) is 0 Å². The Bertz CT molecular complexity index is 159. The van der Waals surface area contributed by atoms with E-state index < -0.39 is 0 Å². The van der Waals surface area contributed by atoms with Gasteiger partial charge in [0.15, 0.2) is 0 Å². The van der Waals surface area contributed by atoms with Crippen LogP contribution in [0.15, 0.2) is 0 Å². The fourth-order valence-corrected chi connectivity index (χ4v) is 2.31. The third-order valence-electron chi connectivity index (χ3n) is 2.62. The van der Waals surface area contributed by atoms with E-state index in [-0.39, 0.29) is 21.8 Å². The van der Waals surface area contributed by atoms with Crippen molar-refractivity contribution in [3.63, 3.8) is 0 Å². The van der Waals surface area contributed by atoms with Crippen molar-refractivity contribution >= 4 is 23.2 Å². The summed E-state index contributed by atoms with van der Waals surface area (Å²) in [4.78, 5) is 0. The number of piperidine rings is 1. The third-order valence-corrected chi connectivity index (χ3v) is 4.07. The molecule has 0 spiro atoms. The van der Waals surface area contributed by atoms with Crippen molar-refractivity contribution in [3.05, 3.63) is 0 Å². The minimum absolute atomic E-state index is 0.0174. The Morgan fingerprint density at radius 1 is 1.00 bits per heavy atom. The predicted molar refractivity (Wildman–Crippen MR) is 55.2 cm³/mol. The highest BCUT2D eigenvalue weighted by Gasteiger charge is 2.44. The van der Waals surface area contributed by atoms with Gasteiger partial charge in [0.1, 0.15) is 0 Å². The fourth-order valence-electron chi connectivity index (χ4n) is 1.76. The van der Waals surface area contributed by atoms with Gasteiger partial charge in [-0.1, -0.05) is 0 Å². The molecule has 0 aromatic heterocycles. The number of alkyl halides is 2. The van der Waals surface area contributed by atoms with E-state index in [1.54, 1.807) is 0 Å². The average Bonchev–Trinajstić information content (AvgIpc) is 1.82. The predicted octanol–water partition coefficient (Wildman–Crippen LogP) is 2.75. The Kier molecular flexibility index (Phi) is 2.69. The summed E-state index contributed by atoms with van der Waals surface area (Å²) in [7, 11) is 0. The summed E-state index contributed by atoms with van der Waals surface area (Å²) in [6.07, 6.45) is 0.871. The lowest BCUT2D eigenvalue weighted by Gasteiger charge is -2.48. The van der Waals surface area contributed by atoms with Crippen LogP contribution in [0.3, 0.4) is 0 Å². The number of halogens is 2. The summed E-state index contributed by atoms with van der Waals surface area (Å²) in [6, 6.07) is 0. The van der Waals surface area contributed by atoms with E-state index in [2.05, 4.69) is 33.0 Å². The molecule has 1 heterocycles. The molecule has 0 bridgehead atoms. The summed E-state index contributed by atoms with van der Waals surface area (Å²) in [5.41, 5.74) is -0.0348. The van der Waals surface area contributed by atoms with Crippen molar-refractivity contribution in [3.8, 4) is 0 Å². The highest BCUT2D eigenvalue weighted by Crippen LogP contribution is 2.35. The summed E-state index contributed by atoms with van der Waals surface area (Å²) < 4.78 is 0. The molecule has 0 aromatic carbocycles. The Morgan fingerprint density at radius 3 is 1.58 bits per heavy atom. The molecule has 72 valence electrons. The van der Waals surface area contributed by atoms with E-state index in [4.69, 9.17) is 23.2 Å². The van der Waals surface area contributed by atoms with Crippen LogP contribution in [0.2, 0.25) is 0 Å². The van der Waals surface area contributed by atoms with Crippen LogP contribution in [-0.4, -0.2) is 21.8 Å². The molecule has 2 atom stereocenters. The molecular formula is C9H17Cl2N. The maximum Gasteiger partial charge on any atom is 0.0527 e. The third kappa shape index (κ3) is 1.89. The number of hydrogen-bond donors (Lipinski definition) is 1. The second kappa shape index (κ2) is 3.04. The van der Waals surface area contributed by atoms with E-state index in [9.17, 15) is 0 Å². The first kappa shape index (κ1) is 10.6. The van der Waals surface area contributed by atoms with E-state index in [1.807, 2.05) is 0 Å². The molecule has 1 nitrogen and oxygen atoms in total. The van der Waals surface area contributed by atoms with Gasteiger partial charge in [0.2, 0.25) is 0 Å². The second-order valence-corrected chi connectivity index (χ2v) is 5.79. The Morgan fingerprint density at radius 2 is 1.33 bits per heavy atom. The van der Waals surface area contributed by atoms with Crippen LogP contribution >= 0.6 is 23.2 Å². The Balaban J connectivity index is 2.78. The molecule has 0 saturated carbocycles. The van der Waals surface area contributed by atoms with E-state index in [0.717, 1.165) is 6.42 Å². The quantitative estimate of drug-likeness (QED) is 0.606. The molecule has 12 heavy (non-hydrogen) atoms. The molecule has 0 amide bonds. The molecule has 0 radical (unpaired) electrons. The highest BCUT2D eigenvalue weighted by molar-refractivity contribution is 6.24. The van der Waals surface area contributed by atoms with Gasteiger partial charge in [0, 0.05) is 11.1 Å². The van der Waals surface area contributed by atoms with Crippen LogP contribution in [0.5, 0.6) is 0 Å². The summed E-state index contributed by atoms with van der Waals surface area (Å²) in [5, 5.41) is 3.70. The first-order chi connectivity index (χ1) is 5.26. The SMILES string of the molecule is CC1(C)NC(C)(C)C(Cl)CC1Cl. The van der Waals surface area contributed by atoms with Crippen LogP contribution in [0.4, 0.5) is 0 Å². The molecule has 3 heteroatoms. The summed E-state index contributed by atoms with van der Waals surface area (Å²) >= 11 is 12.4. The lowest BCUT2D eigenvalue weighted by molar-refractivity contribution is 0.192.